The van der Waals surface area contributed by atoms with E-state index < -0.39 is 6.04 Å². The van der Waals surface area contributed by atoms with Gasteiger partial charge in [-0.25, -0.2) is 0 Å². The molecule has 2 atom stereocenters. The number of rotatable bonds is 2. The first-order chi connectivity index (χ1) is 15.5. The minimum Gasteiger partial charge on any atom is -0.493 e. The van der Waals surface area contributed by atoms with Gasteiger partial charge in [0, 0.05) is 35.0 Å². The van der Waals surface area contributed by atoms with Crippen LogP contribution in [0, 0.1) is 0 Å². The Labute approximate surface area is 186 Å². The first-order valence-electron chi connectivity index (χ1n) is 11.5. The molecule has 0 radical (unpaired) electrons. The first kappa shape index (κ1) is 18.3. The predicted octanol–water partition coefficient (Wildman–Crippen LogP) is 3.34. The van der Waals surface area contributed by atoms with Crippen LogP contribution in [0.2, 0.25) is 0 Å². The molecule has 162 valence electrons. The lowest BCUT2D eigenvalue weighted by atomic mass is 9.85. The number of fused-ring (bicyclic) bond motifs is 5. The Hall–Kier alpha value is -3.28. The highest BCUT2D eigenvalue weighted by atomic mass is 16.5. The van der Waals surface area contributed by atoms with Crippen LogP contribution >= 0.6 is 0 Å². The van der Waals surface area contributed by atoms with Gasteiger partial charge in [-0.15, -0.1) is 0 Å². The number of piperazine rings is 1. The molecule has 1 N–H and O–H groups in total. The summed E-state index contributed by atoms with van der Waals surface area (Å²) in [6.07, 6.45) is 3.38. The van der Waals surface area contributed by atoms with Crippen LogP contribution in [0.4, 0.5) is 0 Å². The molecule has 4 aliphatic rings. The number of aromatic nitrogens is 1. The van der Waals surface area contributed by atoms with Crippen molar-refractivity contribution >= 4 is 22.7 Å². The molecule has 1 aromatic heterocycles. The third-order valence-electron chi connectivity index (χ3n) is 7.92. The molecule has 1 aliphatic carbocycles. The standard InChI is InChI=1S/C26H25N3O3/c1-26(9-10-26)28-14-22(30)29-20(25(28)31)13-18-17-4-2-3-5-19(17)27-23(18)24(29)16-6-7-21-15(12-16)8-11-32-21/h2-7,12,20,24,27H,8-11,13-14H2,1H3/t20-,24-/m1/s1. The largest absolute Gasteiger partial charge is 0.493 e. The van der Waals surface area contributed by atoms with Crippen molar-refractivity contribution in [2.24, 2.45) is 0 Å². The van der Waals surface area contributed by atoms with Gasteiger partial charge in [0.1, 0.15) is 18.3 Å². The summed E-state index contributed by atoms with van der Waals surface area (Å²) in [6.45, 7) is 2.97. The second-order valence-corrected chi connectivity index (χ2v) is 9.87. The van der Waals surface area contributed by atoms with Gasteiger partial charge in [-0.05, 0) is 54.7 Å². The van der Waals surface area contributed by atoms with Gasteiger partial charge in [0.05, 0.1) is 12.6 Å². The fraction of sp³-hybridized carbons (Fsp3) is 0.385. The number of aromatic amines is 1. The number of nitrogens with zero attached hydrogens (tertiary/aromatic N) is 2. The molecule has 0 unspecified atom stereocenters. The molecule has 1 saturated carbocycles. The van der Waals surface area contributed by atoms with Gasteiger partial charge >= 0.3 is 0 Å². The van der Waals surface area contributed by atoms with Crippen molar-refractivity contribution in [1.29, 1.82) is 0 Å². The summed E-state index contributed by atoms with van der Waals surface area (Å²) in [7, 11) is 0. The maximum Gasteiger partial charge on any atom is 0.246 e. The van der Waals surface area contributed by atoms with Crippen LogP contribution < -0.4 is 4.74 Å². The zero-order valence-corrected chi connectivity index (χ0v) is 18.1. The van der Waals surface area contributed by atoms with Crippen LogP contribution in [0.3, 0.4) is 0 Å². The highest BCUT2D eigenvalue weighted by Crippen LogP contribution is 2.47. The Bertz CT molecular complexity index is 1300. The number of amides is 2. The number of carbonyl (C=O) groups is 2. The van der Waals surface area contributed by atoms with Gasteiger partial charge in [-0.2, -0.15) is 0 Å². The maximum absolute atomic E-state index is 13.7. The van der Waals surface area contributed by atoms with Crippen molar-refractivity contribution in [3.8, 4) is 5.75 Å². The number of hydrogen-bond donors (Lipinski definition) is 1. The van der Waals surface area contributed by atoms with Crippen molar-refractivity contribution in [3.05, 3.63) is 64.8 Å². The van der Waals surface area contributed by atoms with Gasteiger partial charge in [-0.3, -0.25) is 9.59 Å². The Morgan fingerprint density at radius 1 is 1.12 bits per heavy atom. The predicted molar refractivity (Wildman–Crippen MR) is 119 cm³/mol. The number of ether oxygens (including phenoxy) is 1. The third kappa shape index (κ3) is 2.41. The van der Waals surface area contributed by atoms with Gasteiger partial charge in [0.2, 0.25) is 11.8 Å². The van der Waals surface area contributed by atoms with E-state index in [1.807, 2.05) is 28.0 Å². The molecule has 0 spiro atoms. The molecule has 1 saturated heterocycles. The van der Waals surface area contributed by atoms with Crippen molar-refractivity contribution in [2.45, 2.75) is 50.2 Å². The van der Waals surface area contributed by atoms with Crippen molar-refractivity contribution in [3.63, 3.8) is 0 Å². The number of carbonyl (C=O) groups excluding carboxylic acids is 2. The molecule has 7 rings (SSSR count). The number of hydrogen-bond acceptors (Lipinski definition) is 3. The minimum atomic E-state index is -0.463. The van der Waals surface area contributed by atoms with E-state index in [4.69, 9.17) is 4.74 Å². The Kier molecular flexibility index (Phi) is 3.52. The van der Waals surface area contributed by atoms with Crippen LogP contribution in [0.1, 0.15) is 48.2 Å². The van der Waals surface area contributed by atoms with E-state index in [9.17, 15) is 9.59 Å². The summed E-state index contributed by atoms with van der Waals surface area (Å²) >= 11 is 0. The monoisotopic (exact) mass is 427 g/mol. The van der Waals surface area contributed by atoms with Crippen molar-refractivity contribution in [2.75, 3.05) is 13.2 Å². The van der Waals surface area contributed by atoms with E-state index in [1.54, 1.807) is 0 Å². The van der Waals surface area contributed by atoms with Crippen LogP contribution in [0.15, 0.2) is 42.5 Å². The smallest absolute Gasteiger partial charge is 0.246 e. The SMILES string of the molecule is CC1(N2CC(=O)N3[C@H](c4ccc5c(c4)CCO5)c4[nH]c5ccccc5c4C[C@@H]3C2=O)CC1. The summed E-state index contributed by atoms with van der Waals surface area (Å²) in [5, 5.41) is 1.15. The molecule has 6 nitrogen and oxygen atoms in total. The highest BCUT2D eigenvalue weighted by Gasteiger charge is 2.55. The average molecular weight is 428 g/mol. The molecule has 3 aliphatic heterocycles. The van der Waals surface area contributed by atoms with E-state index in [1.165, 1.54) is 5.56 Å². The van der Waals surface area contributed by atoms with Gasteiger partial charge < -0.3 is 19.5 Å². The number of para-hydroxylation sites is 1. The lowest BCUT2D eigenvalue weighted by Gasteiger charge is -2.48. The fourth-order valence-electron chi connectivity index (χ4n) is 5.90. The molecular weight excluding hydrogens is 402 g/mol. The summed E-state index contributed by atoms with van der Waals surface area (Å²) in [5.74, 6) is 1.05. The van der Waals surface area contributed by atoms with Crippen LogP contribution in [0.25, 0.3) is 10.9 Å². The average Bonchev–Trinajstić information content (AvgIpc) is 3.21. The van der Waals surface area contributed by atoms with Crippen molar-refractivity contribution in [1.82, 2.24) is 14.8 Å². The zero-order chi connectivity index (χ0) is 21.6. The Morgan fingerprint density at radius 3 is 2.81 bits per heavy atom. The van der Waals surface area contributed by atoms with E-state index >= 15 is 0 Å². The van der Waals surface area contributed by atoms with E-state index in [2.05, 4.69) is 36.2 Å². The topological polar surface area (TPSA) is 65.6 Å². The van der Waals surface area contributed by atoms with E-state index in [0.29, 0.717) is 13.0 Å². The summed E-state index contributed by atoms with van der Waals surface area (Å²) in [6, 6.07) is 13.7. The van der Waals surface area contributed by atoms with Gasteiger partial charge in [0.15, 0.2) is 0 Å². The lowest BCUT2D eigenvalue weighted by Crippen LogP contribution is -2.65. The third-order valence-corrected chi connectivity index (χ3v) is 7.92. The molecule has 3 aromatic rings. The van der Waals surface area contributed by atoms with Crippen molar-refractivity contribution < 1.29 is 14.3 Å². The molecule has 2 amide bonds. The Morgan fingerprint density at radius 2 is 1.97 bits per heavy atom. The summed E-state index contributed by atoms with van der Waals surface area (Å²) < 4.78 is 5.71. The van der Waals surface area contributed by atoms with Gasteiger partial charge in [0.25, 0.3) is 0 Å². The Balaban J connectivity index is 1.42. The summed E-state index contributed by atoms with van der Waals surface area (Å²) in [5.41, 5.74) is 5.31. The van der Waals surface area contributed by atoms with E-state index in [0.717, 1.165) is 52.7 Å². The second-order valence-electron chi connectivity index (χ2n) is 9.87. The van der Waals surface area contributed by atoms with E-state index in [-0.39, 0.29) is 29.9 Å². The zero-order valence-electron chi connectivity index (χ0n) is 18.1. The quantitative estimate of drug-likeness (QED) is 0.682. The first-order valence-corrected chi connectivity index (χ1v) is 11.5. The molecule has 32 heavy (non-hydrogen) atoms. The molecule has 4 heterocycles. The normalized spacial score (nSPS) is 25.4. The molecular formula is C26H25N3O3. The minimum absolute atomic E-state index is 0.0359. The molecule has 2 fully saturated rings. The van der Waals surface area contributed by atoms with Crippen LogP contribution in [-0.4, -0.2) is 51.3 Å². The molecule has 6 heteroatoms. The van der Waals surface area contributed by atoms with Crippen LogP contribution in [-0.2, 0) is 22.4 Å². The number of H-pyrrole nitrogens is 1. The van der Waals surface area contributed by atoms with Gasteiger partial charge in [-0.1, -0.05) is 24.3 Å². The maximum atomic E-state index is 13.7. The second kappa shape index (κ2) is 6.15. The summed E-state index contributed by atoms with van der Waals surface area (Å²) in [4.78, 5) is 34.6. The molecule has 2 aromatic carbocycles. The lowest BCUT2D eigenvalue weighted by molar-refractivity contribution is -0.161. The number of nitrogens with one attached hydrogen (secondary N) is 1. The highest BCUT2D eigenvalue weighted by molar-refractivity contribution is 5.98. The fourth-order valence-corrected chi connectivity index (χ4v) is 5.90. The molecule has 0 bridgehead atoms. The number of benzene rings is 2. The van der Waals surface area contributed by atoms with Crippen LogP contribution in [0.5, 0.6) is 5.75 Å².